The molecule has 0 atom stereocenters. The standard InChI is InChI=1S/C23H17ClF2N4O2S/c24-16-10-12-17(13-11-16)30-21(15-6-2-1-3-7-15)28-29-23(30)33-14-20(31)27-18-8-4-5-9-19(18)32-22(25)26/h1-13,22H,14H2,(H,27,31). The molecule has 4 rings (SSSR count). The molecule has 0 bridgehead atoms. The predicted octanol–water partition coefficient (Wildman–Crippen LogP) is 5.92. The lowest BCUT2D eigenvalue weighted by atomic mass is 10.2. The van der Waals surface area contributed by atoms with Crippen LogP contribution in [0, 0.1) is 0 Å². The van der Waals surface area contributed by atoms with E-state index in [1.54, 1.807) is 24.3 Å². The van der Waals surface area contributed by atoms with E-state index in [2.05, 4.69) is 20.3 Å². The number of benzene rings is 3. The van der Waals surface area contributed by atoms with E-state index in [1.165, 1.54) is 12.1 Å². The summed E-state index contributed by atoms with van der Waals surface area (Å²) >= 11 is 7.20. The number of hydrogen-bond donors (Lipinski definition) is 1. The fourth-order valence-corrected chi connectivity index (χ4v) is 3.92. The third kappa shape index (κ3) is 5.68. The minimum absolute atomic E-state index is 0.0243. The van der Waals surface area contributed by atoms with Gasteiger partial charge in [0.05, 0.1) is 11.4 Å². The zero-order valence-corrected chi connectivity index (χ0v) is 18.6. The summed E-state index contributed by atoms with van der Waals surface area (Å²) in [5, 5.41) is 12.3. The second-order valence-corrected chi connectivity index (χ2v) is 8.07. The van der Waals surface area contributed by atoms with E-state index in [1.807, 2.05) is 47.0 Å². The van der Waals surface area contributed by atoms with Crippen LogP contribution in [-0.4, -0.2) is 33.0 Å². The first-order valence-electron chi connectivity index (χ1n) is 9.74. The van der Waals surface area contributed by atoms with Gasteiger partial charge in [0.2, 0.25) is 5.91 Å². The van der Waals surface area contributed by atoms with E-state index < -0.39 is 12.5 Å². The Kier molecular flexibility index (Phi) is 7.21. The molecule has 0 aliphatic rings. The maximum absolute atomic E-state index is 12.6. The highest BCUT2D eigenvalue weighted by Gasteiger charge is 2.18. The van der Waals surface area contributed by atoms with Gasteiger partial charge in [-0.25, -0.2) is 0 Å². The van der Waals surface area contributed by atoms with Crippen molar-refractivity contribution in [3.8, 4) is 22.8 Å². The van der Waals surface area contributed by atoms with Gasteiger partial charge in [-0.05, 0) is 36.4 Å². The Bertz CT molecular complexity index is 1240. The highest BCUT2D eigenvalue weighted by atomic mass is 35.5. The summed E-state index contributed by atoms with van der Waals surface area (Å²) in [6.07, 6.45) is 0. The van der Waals surface area contributed by atoms with Crippen molar-refractivity contribution >= 4 is 35.0 Å². The van der Waals surface area contributed by atoms with Crippen LogP contribution in [0.4, 0.5) is 14.5 Å². The average molecular weight is 487 g/mol. The van der Waals surface area contributed by atoms with Crippen LogP contribution < -0.4 is 10.1 Å². The van der Waals surface area contributed by atoms with Crippen LogP contribution >= 0.6 is 23.4 Å². The first-order chi connectivity index (χ1) is 16.0. The molecule has 0 fully saturated rings. The minimum atomic E-state index is -2.99. The van der Waals surface area contributed by atoms with Crippen LogP contribution in [0.2, 0.25) is 5.02 Å². The van der Waals surface area contributed by atoms with Crippen molar-refractivity contribution < 1.29 is 18.3 Å². The van der Waals surface area contributed by atoms with E-state index in [9.17, 15) is 13.6 Å². The summed E-state index contributed by atoms with van der Waals surface area (Å²) in [5.74, 6) is 0.0686. The number of nitrogens with zero attached hydrogens (tertiary/aromatic N) is 3. The van der Waals surface area contributed by atoms with Gasteiger partial charge in [0, 0.05) is 16.3 Å². The lowest BCUT2D eigenvalue weighted by molar-refractivity contribution is -0.113. The third-order valence-corrected chi connectivity index (χ3v) is 5.64. The molecule has 6 nitrogen and oxygen atoms in total. The van der Waals surface area contributed by atoms with E-state index in [0.29, 0.717) is 16.0 Å². The van der Waals surface area contributed by atoms with Gasteiger partial charge in [0.25, 0.3) is 0 Å². The number of aromatic nitrogens is 3. The van der Waals surface area contributed by atoms with Crippen LogP contribution in [-0.2, 0) is 4.79 Å². The topological polar surface area (TPSA) is 69.0 Å². The minimum Gasteiger partial charge on any atom is -0.433 e. The Morgan fingerprint density at radius 2 is 1.70 bits per heavy atom. The molecule has 1 aromatic heterocycles. The molecule has 1 amide bonds. The Morgan fingerprint density at radius 3 is 2.42 bits per heavy atom. The molecule has 1 N–H and O–H groups in total. The third-order valence-electron chi connectivity index (χ3n) is 4.46. The molecule has 168 valence electrons. The quantitative estimate of drug-likeness (QED) is 0.313. The molecular formula is C23H17ClF2N4O2S. The summed E-state index contributed by atoms with van der Waals surface area (Å²) in [6.45, 7) is -2.99. The lowest BCUT2D eigenvalue weighted by Gasteiger charge is -2.12. The number of carbonyl (C=O) groups is 1. The zero-order chi connectivity index (χ0) is 23.2. The van der Waals surface area contributed by atoms with Gasteiger partial charge in [-0.1, -0.05) is 65.8 Å². The number of nitrogens with one attached hydrogen (secondary N) is 1. The Labute approximate surface area is 197 Å². The lowest BCUT2D eigenvalue weighted by Crippen LogP contribution is -2.16. The second kappa shape index (κ2) is 10.5. The van der Waals surface area contributed by atoms with Crippen molar-refractivity contribution in [1.29, 1.82) is 0 Å². The van der Waals surface area contributed by atoms with Gasteiger partial charge in [-0.2, -0.15) is 8.78 Å². The molecule has 10 heteroatoms. The molecule has 4 aromatic rings. The summed E-state index contributed by atoms with van der Waals surface area (Å²) < 4.78 is 31.5. The van der Waals surface area contributed by atoms with Gasteiger partial charge in [-0.15, -0.1) is 10.2 Å². The fraction of sp³-hybridized carbons (Fsp3) is 0.0870. The SMILES string of the molecule is O=C(CSc1nnc(-c2ccccc2)n1-c1ccc(Cl)cc1)Nc1ccccc1OC(F)F. The predicted molar refractivity (Wildman–Crippen MR) is 124 cm³/mol. The normalized spacial score (nSPS) is 10.9. The van der Waals surface area contributed by atoms with E-state index >= 15 is 0 Å². The average Bonchev–Trinajstić information content (AvgIpc) is 3.24. The zero-order valence-electron chi connectivity index (χ0n) is 17.0. The first kappa shape index (κ1) is 22.8. The van der Waals surface area contributed by atoms with Crippen LogP contribution in [0.3, 0.4) is 0 Å². The number of ether oxygens (including phenoxy) is 1. The maximum atomic E-state index is 12.6. The van der Waals surface area contributed by atoms with E-state index in [-0.39, 0.29) is 17.2 Å². The number of para-hydroxylation sites is 2. The molecule has 0 saturated carbocycles. The van der Waals surface area contributed by atoms with Crippen molar-refractivity contribution in [1.82, 2.24) is 14.8 Å². The summed E-state index contributed by atoms with van der Waals surface area (Å²) in [5.41, 5.74) is 1.80. The second-order valence-electron chi connectivity index (χ2n) is 6.70. The van der Waals surface area contributed by atoms with Gasteiger partial charge < -0.3 is 10.1 Å². The van der Waals surface area contributed by atoms with Crippen molar-refractivity contribution in [3.63, 3.8) is 0 Å². The number of carbonyl (C=O) groups excluding carboxylic acids is 1. The molecule has 1 heterocycles. The summed E-state index contributed by atoms with van der Waals surface area (Å²) in [7, 11) is 0. The van der Waals surface area contributed by atoms with Crippen LogP contribution in [0.5, 0.6) is 5.75 Å². The van der Waals surface area contributed by atoms with Gasteiger partial charge >= 0.3 is 6.61 Å². The van der Waals surface area contributed by atoms with Crippen LogP contribution in [0.15, 0.2) is 84.0 Å². The Hall–Kier alpha value is -3.43. The molecular weight excluding hydrogens is 470 g/mol. The number of rotatable bonds is 8. The molecule has 0 radical (unpaired) electrons. The fourth-order valence-electron chi connectivity index (χ4n) is 3.05. The summed E-state index contributed by atoms with van der Waals surface area (Å²) in [4.78, 5) is 12.5. The van der Waals surface area contributed by atoms with Crippen LogP contribution in [0.1, 0.15) is 0 Å². The molecule has 0 aliphatic carbocycles. The Morgan fingerprint density at radius 1 is 1.00 bits per heavy atom. The smallest absolute Gasteiger partial charge is 0.387 e. The van der Waals surface area contributed by atoms with Crippen molar-refractivity contribution in [2.75, 3.05) is 11.1 Å². The van der Waals surface area contributed by atoms with Crippen molar-refractivity contribution in [2.24, 2.45) is 0 Å². The molecule has 0 aliphatic heterocycles. The number of thioether (sulfide) groups is 1. The van der Waals surface area contributed by atoms with Crippen molar-refractivity contribution in [2.45, 2.75) is 11.8 Å². The highest BCUT2D eigenvalue weighted by molar-refractivity contribution is 7.99. The monoisotopic (exact) mass is 486 g/mol. The van der Waals surface area contributed by atoms with E-state index in [4.69, 9.17) is 11.6 Å². The number of amides is 1. The number of hydrogen-bond acceptors (Lipinski definition) is 5. The first-order valence-corrected chi connectivity index (χ1v) is 11.1. The van der Waals surface area contributed by atoms with Gasteiger partial charge in [-0.3, -0.25) is 9.36 Å². The molecule has 33 heavy (non-hydrogen) atoms. The molecule has 0 unspecified atom stereocenters. The van der Waals surface area contributed by atoms with E-state index in [0.717, 1.165) is 23.0 Å². The maximum Gasteiger partial charge on any atom is 0.387 e. The van der Waals surface area contributed by atoms with Gasteiger partial charge in [0.1, 0.15) is 5.75 Å². The molecule has 0 saturated heterocycles. The number of anilines is 1. The number of alkyl halides is 2. The summed E-state index contributed by atoms with van der Waals surface area (Å²) in [6, 6.07) is 22.7. The highest BCUT2D eigenvalue weighted by Crippen LogP contribution is 2.29. The molecule has 0 spiro atoms. The molecule has 3 aromatic carbocycles. The van der Waals surface area contributed by atoms with Gasteiger partial charge in [0.15, 0.2) is 11.0 Å². The van der Waals surface area contributed by atoms with Crippen molar-refractivity contribution in [3.05, 3.63) is 83.9 Å². The number of halogens is 3. The largest absolute Gasteiger partial charge is 0.433 e. The Balaban J connectivity index is 1.56. The van der Waals surface area contributed by atoms with Crippen LogP contribution in [0.25, 0.3) is 17.1 Å².